The Hall–Kier alpha value is -2.20. The van der Waals surface area contributed by atoms with Crippen LogP contribution in [0.25, 0.3) is 10.9 Å². The zero-order valence-corrected chi connectivity index (χ0v) is 12.1. The lowest BCUT2D eigenvalue weighted by Crippen LogP contribution is -2.04. The van der Waals surface area contributed by atoms with Crippen LogP contribution < -0.4 is 5.73 Å². The third-order valence-electron chi connectivity index (χ3n) is 3.06. The number of pyridine rings is 1. The normalized spacial score (nSPS) is 10.7. The highest BCUT2D eigenvalue weighted by atomic mass is 79.9. The summed E-state index contributed by atoms with van der Waals surface area (Å²) in [5.41, 5.74) is 8.08. The highest BCUT2D eigenvalue weighted by Gasteiger charge is 2.11. The SMILES string of the molecule is Nc1ccc(C(=O)c2ccc3cc(Br)ccc3n2)cc1. The van der Waals surface area contributed by atoms with Crippen molar-refractivity contribution in [3.05, 3.63) is 70.3 Å². The summed E-state index contributed by atoms with van der Waals surface area (Å²) in [4.78, 5) is 16.8. The summed E-state index contributed by atoms with van der Waals surface area (Å²) in [6.07, 6.45) is 0. The predicted octanol–water partition coefficient (Wildman–Crippen LogP) is 3.81. The lowest BCUT2D eigenvalue weighted by atomic mass is 10.1. The molecule has 0 bridgehead atoms. The molecule has 0 saturated heterocycles. The Kier molecular flexibility index (Phi) is 3.24. The molecule has 0 atom stereocenters. The lowest BCUT2D eigenvalue weighted by molar-refractivity contribution is 0.103. The van der Waals surface area contributed by atoms with E-state index in [1.165, 1.54) is 0 Å². The van der Waals surface area contributed by atoms with Crippen LogP contribution in [0.3, 0.4) is 0 Å². The fraction of sp³-hybridized carbons (Fsp3) is 0. The van der Waals surface area contributed by atoms with Crippen LogP contribution >= 0.6 is 15.9 Å². The molecule has 0 spiro atoms. The van der Waals surface area contributed by atoms with Crippen LogP contribution in [0.2, 0.25) is 0 Å². The minimum atomic E-state index is -0.102. The molecule has 2 N–H and O–H groups in total. The van der Waals surface area contributed by atoms with E-state index in [2.05, 4.69) is 20.9 Å². The number of hydrogen-bond acceptors (Lipinski definition) is 3. The van der Waals surface area contributed by atoms with Gasteiger partial charge in [0.05, 0.1) is 5.52 Å². The molecule has 1 heterocycles. The number of nitrogens with two attached hydrogens (primary N) is 1. The molecular formula is C16H11BrN2O. The van der Waals surface area contributed by atoms with Crippen LogP contribution in [-0.4, -0.2) is 10.8 Å². The van der Waals surface area contributed by atoms with Crippen molar-refractivity contribution in [2.24, 2.45) is 0 Å². The van der Waals surface area contributed by atoms with E-state index in [9.17, 15) is 4.79 Å². The van der Waals surface area contributed by atoms with Crippen molar-refractivity contribution in [2.45, 2.75) is 0 Å². The molecule has 4 heteroatoms. The molecule has 20 heavy (non-hydrogen) atoms. The minimum absolute atomic E-state index is 0.102. The molecule has 0 aliphatic carbocycles. The summed E-state index contributed by atoms with van der Waals surface area (Å²) < 4.78 is 0.990. The lowest BCUT2D eigenvalue weighted by Gasteiger charge is -2.03. The number of hydrogen-bond donors (Lipinski definition) is 1. The van der Waals surface area contributed by atoms with Gasteiger partial charge in [0.25, 0.3) is 0 Å². The molecule has 0 fully saturated rings. The quantitative estimate of drug-likeness (QED) is 0.575. The highest BCUT2D eigenvalue weighted by Crippen LogP contribution is 2.20. The van der Waals surface area contributed by atoms with Gasteiger partial charge < -0.3 is 5.73 Å². The first kappa shape index (κ1) is 12.8. The molecule has 0 amide bonds. The summed E-state index contributed by atoms with van der Waals surface area (Å²) in [5, 5.41) is 0.994. The highest BCUT2D eigenvalue weighted by molar-refractivity contribution is 9.10. The number of fused-ring (bicyclic) bond motifs is 1. The third-order valence-corrected chi connectivity index (χ3v) is 3.55. The van der Waals surface area contributed by atoms with Gasteiger partial charge in [-0.1, -0.05) is 22.0 Å². The van der Waals surface area contributed by atoms with Crippen molar-refractivity contribution in [2.75, 3.05) is 5.73 Å². The fourth-order valence-electron chi connectivity index (χ4n) is 2.01. The third kappa shape index (κ3) is 2.42. The maximum absolute atomic E-state index is 12.4. The zero-order valence-electron chi connectivity index (χ0n) is 10.5. The van der Waals surface area contributed by atoms with E-state index in [1.54, 1.807) is 30.3 Å². The van der Waals surface area contributed by atoms with Crippen LogP contribution in [-0.2, 0) is 0 Å². The van der Waals surface area contributed by atoms with Crippen LogP contribution in [0.1, 0.15) is 16.1 Å². The Bertz CT molecular complexity index is 797. The van der Waals surface area contributed by atoms with Crippen molar-refractivity contribution >= 4 is 38.3 Å². The van der Waals surface area contributed by atoms with Crippen LogP contribution in [0.5, 0.6) is 0 Å². The molecule has 0 aliphatic rings. The number of carbonyl (C=O) groups excluding carboxylic acids is 1. The monoisotopic (exact) mass is 326 g/mol. The Morgan fingerprint density at radius 3 is 2.50 bits per heavy atom. The van der Waals surface area contributed by atoms with E-state index in [4.69, 9.17) is 5.73 Å². The molecule has 2 aromatic carbocycles. The average Bonchev–Trinajstić information content (AvgIpc) is 2.47. The second-order valence-electron chi connectivity index (χ2n) is 4.48. The van der Waals surface area contributed by atoms with Gasteiger partial charge >= 0.3 is 0 Å². The summed E-state index contributed by atoms with van der Waals surface area (Å²) in [6, 6.07) is 16.3. The van der Waals surface area contributed by atoms with Gasteiger partial charge in [0, 0.05) is 21.1 Å². The molecule has 0 saturated carbocycles. The van der Waals surface area contributed by atoms with Crippen molar-refractivity contribution in [3.63, 3.8) is 0 Å². The predicted molar refractivity (Wildman–Crippen MR) is 83.7 cm³/mol. The van der Waals surface area contributed by atoms with Gasteiger partial charge in [-0.15, -0.1) is 0 Å². The first-order valence-corrected chi connectivity index (χ1v) is 6.89. The summed E-state index contributed by atoms with van der Waals surface area (Å²) in [6.45, 7) is 0. The average molecular weight is 327 g/mol. The smallest absolute Gasteiger partial charge is 0.211 e. The van der Waals surface area contributed by atoms with Crippen molar-refractivity contribution < 1.29 is 4.79 Å². The molecule has 1 aromatic heterocycles. The number of aromatic nitrogens is 1. The first-order valence-electron chi connectivity index (χ1n) is 6.10. The number of carbonyl (C=O) groups is 1. The maximum Gasteiger partial charge on any atom is 0.211 e. The molecule has 0 unspecified atom stereocenters. The van der Waals surface area contributed by atoms with Crippen LogP contribution in [0, 0.1) is 0 Å². The second kappa shape index (κ2) is 5.06. The van der Waals surface area contributed by atoms with Gasteiger partial charge in [0.15, 0.2) is 0 Å². The summed E-state index contributed by atoms with van der Waals surface area (Å²) in [7, 11) is 0. The molecule has 0 radical (unpaired) electrons. The Labute approximate surface area is 124 Å². The summed E-state index contributed by atoms with van der Waals surface area (Å²) >= 11 is 3.42. The minimum Gasteiger partial charge on any atom is -0.399 e. The topological polar surface area (TPSA) is 56.0 Å². The van der Waals surface area contributed by atoms with Crippen LogP contribution in [0.4, 0.5) is 5.69 Å². The molecule has 3 nitrogen and oxygen atoms in total. The zero-order chi connectivity index (χ0) is 14.1. The molecular weight excluding hydrogens is 316 g/mol. The molecule has 3 aromatic rings. The van der Waals surface area contributed by atoms with Crippen molar-refractivity contribution in [1.82, 2.24) is 4.98 Å². The van der Waals surface area contributed by atoms with E-state index in [0.717, 1.165) is 15.4 Å². The van der Waals surface area contributed by atoms with Crippen molar-refractivity contribution in [3.8, 4) is 0 Å². The molecule has 3 rings (SSSR count). The van der Waals surface area contributed by atoms with E-state index in [1.807, 2.05) is 24.3 Å². The largest absolute Gasteiger partial charge is 0.399 e. The van der Waals surface area contributed by atoms with Gasteiger partial charge in [-0.25, -0.2) is 4.98 Å². The number of halogens is 1. The van der Waals surface area contributed by atoms with Gasteiger partial charge in [0.2, 0.25) is 5.78 Å². The van der Waals surface area contributed by atoms with Gasteiger partial charge in [0.1, 0.15) is 5.69 Å². The van der Waals surface area contributed by atoms with Gasteiger partial charge in [-0.2, -0.15) is 0 Å². The van der Waals surface area contributed by atoms with E-state index >= 15 is 0 Å². The van der Waals surface area contributed by atoms with E-state index in [-0.39, 0.29) is 5.78 Å². The van der Waals surface area contributed by atoms with Gasteiger partial charge in [-0.05, 0) is 48.5 Å². The molecule has 98 valence electrons. The van der Waals surface area contributed by atoms with Gasteiger partial charge in [-0.3, -0.25) is 4.79 Å². The Morgan fingerprint density at radius 1 is 1.00 bits per heavy atom. The number of ketones is 1. The van der Waals surface area contributed by atoms with E-state index < -0.39 is 0 Å². The summed E-state index contributed by atoms with van der Waals surface area (Å²) in [5.74, 6) is -0.102. The number of benzene rings is 2. The second-order valence-corrected chi connectivity index (χ2v) is 5.40. The standard InChI is InChI=1S/C16H11BrN2O/c17-12-4-8-14-11(9-12)3-7-15(19-14)16(20)10-1-5-13(18)6-2-10/h1-9H,18H2. The Morgan fingerprint density at radius 2 is 1.75 bits per heavy atom. The number of rotatable bonds is 2. The molecule has 0 aliphatic heterocycles. The number of nitrogen functional groups attached to an aromatic ring is 1. The Balaban J connectivity index is 2.03. The number of nitrogens with zero attached hydrogens (tertiary/aromatic N) is 1. The maximum atomic E-state index is 12.4. The fourth-order valence-corrected chi connectivity index (χ4v) is 2.38. The number of anilines is 1. The van der Waals surface area contributed by atoms with Crippen molar-refractivity contribution in [1.29, 1.82) is 0 Å². The first-order chi connectivity index (χ1) is 9.63. The van der Waals surface area contributed by atoms with Crippen LogP contribution in [0.15, 0.2) is 59.1 Å². The van der Waals surface area contributed by atoms with E-state index in [0.29, 0.717) is 16.9 Å².